The van der Waals surface area contributed by atoms with E-state index in [4.69, 9.17) is 0 Å². The standard InChI is InChI=1S/C16H15BrN2O2S/c17-11-4-1-5-12(10-11)18-15(20)13-6-2-8-19(13)16(21)14-7-3-9-22-14/h1,3-5,7,9-10,13H,2,6,8H2,(H,18,20). The molecule has 0 aliphatic carbocycles. The summed E-state index contributed by atoms with van der Waals surface area (Å²) in [4.78, 5) is 27.3. The minimum absolute atomic E-state index is 0.0538. The average Bonchev–Trinajstić information content (AvgIpc) is 3.18. The summed E-state index contributed by atoms with van der Waals surface area (Å²) in [5.41, 5.74) is 0.731. The summed E-state index contributed by atoms with van der Waals surface area (Å²) in [5, 5.41) is 4.77. The van der Waals surface area contributed by atoms with E-state index >= 15 is 0 Å². The molecule has 114 valence electrons. The van der Waals surface area contributed by atoms with Crippen molar-refractivity contribution in [3.05, 3.63) is 51.1 Å². The van der Waals surface area contributed by atoms with Crippen molar-refractivity contribution in [1.29, 1.82) is 0 Å². The van der Waals surface area contributed by atoms with E-state index in [0.29, 0.717) is 17.8 Å². The lowest BCUT2D eigenvalue weighted by molar-refractivity contribution is -0.119. The molecule has 0 bridgehead atoms. The smallest absolute Gasteiger partial charge is 0.264 e. The van der Waals surface area contributed by atoms with E-state index in [9.17, 15) is 9.59 Å². The molecule has 2 amide bonds. The number of nitrogens with one attached hydrogen (secondary N) is 1. The van der Waals surface area contributed by atoms with Gasteiger partial charge >= 0.3 is 0 Å². The predicted molar refractivity (Wildman–Crippen MR) is 91.1 cm³/mol. The van der Waals surface area contributed by atoms with Gasteiger partial charge in [0.15, 0.2) is 0 Å². The van der Waals surface area contributed by atoms with Crippen molar-refractivity contribution in [2.45, 2.75) is 18.9 Å². The van der Waals surface area contributed by atoms with Gasteiger partial charge in [0.2, 0.25) is 5.91 Å². The summed E-state index contributed by atoms with van der Waals surface area (Å²) in [6.45, 7) is 0.632. The topological polar surface area (TPSA) is 49.4 Å². The van der Waals surface area contributed by atoms with E-state index in [2.05, 4.69) is 21.2 Å². The van der Waals surface area contributed by atoms with E-state index in [1.807, 2.05) is 35.7 Å². The average molecular weight is 379 g/mol. The molecule has 2 aromatic rings. The monoisotopic (exact) mass is 378 g/mol. The van der Waals surface area contributed by atoms with Gasteiger partial charge < -0.3 is 10.2 Å². The van der Waals surface area contributed by atoms with Gasteiger partial charge in [-0.15, -0.1) is 11.3 Å². The highest BCUT2D eigenvalue weighted by Gasteiger charge is 2.34. The van der Waals surface area contributed by atoms with E-state index < -0.39 is 6.04 Å². The van der Waals surface area contributed by atoms with Crippen LogP contribution in [-0.4, -0.2) is 29.3 Å². The Morgan fingerprint density at radius 2 is 2.14 bits per heavy atom. The molecule has 1 aliphatic heterocycles. The van der Waals surface area contributed by atoms with Crippen LogP contribution in [0.15, 0.2) is 46.3 Å². The Morgan fingerprint density at radius 1 is 1.27 bits per heavy atom. The molecule has 1 saturated heterocycles. The third kappa shape index (κ3) is 3.23. The molecule has 0 radical (unpaired) electrons. The van der Waals surface area contributed by atoms with Crippen LogP contribution in [-0.2, 0) is 4.79 Å². The lowest BCUT2D eigenvalue weighted by Gasteiger charge is -2.23. The normalized spacial score (nSPS) is 17.5. The largest absolute Gasteiger partial charge is 0.326 e. The molecule has 3 rings (SSSR count). The number of thiophene rings is 1. The van der Waals surface area contributed by atoms with Gasteiger partial charge in [0.1, 0.15) is 6.04 Å². The van der Waals surface area contributed by atoms with Crippen molar-refractivity contribution in [1.82, 2.24) is 4.90 Å². The highest BCUT2D eigenvalue weighted by atomic mass is 79.9. The van der Waals surface area contributed by atoms with Crippen LogP contribution < -0.4 is 5.32 Å². The molecule has 1 fully saturated rings. The second-order valence-electron chi connectivity index (χ2n) is 5.13. The summed E-state index contributed by atoms with van der Waals surface area (Å²) in [6.07, 6.45) is 1.56. The number of hydrogen-bond donors (Lipinski definition) is 1. The van der Waals surface area contributed by atoms with Crippen LogP contribution in [0.4, 0.5) is 5.69 Å². The number of carbonyl (C=O) groups excluding carboxylic acids is 2. The Bertz CT molecular complexity index is 687. The zero-order chi connectivity index (χ0) is 15.5. The van der Waals surface area contributed by atoms with Crippen molar-refractivity contribution in [3.63, 3.8) is 0 Å². The van der Waals surface area contributed by atoms with Crippen LogP contribution in [0.1, 0.15) is 22.5 Å². The van der Waals surface area contributed by atoms with Gasteiger partial charge in [-0.2, -0.15) is 0 Å². The third-order valence-electron chi connectivity index (χ3n) is 3.64. The molecule has 1 N–H and O–H groups in total. The predicted octanol–water partition coefficient (Wildman–Crippen LogP) is 3.75. The third-order valence-corrected chi connectivity index (χ3v) is 4.99. The first-order chi connectivity index (χ1) is 10.6. The van der Waals surface area contributed by atoms with Crippen LogP contribution >= 0.6 is 27.3 Å². The summed E-state index contributed by atoms with van der Waals surface area (Å²) in [5.74, 6) is -0.178. The Hall–Kier alpha value is -1.66. The van der Waals surface area contributed by atoms with Crippen molar-refractivity contribution < 1.29 is 9.59 Å². The fraction of sp³-hybridized carbons (Fsp3) is 0.250. The molecule has 1 atom stereocenters. The molecular formula is C16H15BrN2O2S. The van der Waals surface area contributed by atoms with Gasteiger partial charge in [-0.05, 0) is 42.5 Å². The number of benzene rings is 1. The van der Waals surface area contributed by atoms with Gasteiger partial charge in [-0.3, -0.25) is 9.59 Å². The number of carbonyl (C=O) groups is 2. The number of rotatable bonds is 3. The Labute approximate surface area is 141 Å². The van der Waals surface area contributed by atoms with E-state index in [0.717, 1.165) is 16.6 Å². The van der Waals surface area contributed by atoms with E-state index in [-0.39, 0.29) is 11.8 Å². The highest BCUT2D eigenvalue weighted by molar-refractivity contribution is 9.10. The summed E-state index contributed by atoms with van der Waals surface area (Å²) in [6, 6.07) is 10.7. The number of halogens is 1. The van der Waals surface area contributed by atoms with Gasteiger partial charge in [-0.1, -0.05) is 28.1 Å². The highest BCUT2D eigenvalue weighted by Crippen LogP contribution is 2.24. The molecule has 1 aromatic heterocycles. The van der Waals surface area contributed by atoms with Crippen LogP contribution in [0, 0.1) is 0 Å². The minimum Gasteiger partial charge on any atom is -0.326 e. The van der Waals surface area contributed by atoms with Crippen molar-refractivity contribution >= 4 is 44.8 Å². The molecule has 0 saturated carbocycles. The second-order valence-corrected chi connectivity index (χ2v) is 7.00. The van der Waals surface area contributed by atoms with Gasteiger partial charge in [0, 0.05) is 16.7 Å². The van der Waals surface area contributed by atoms with Crippen molar-refractivity contribution in [3.8, 4) is 0 Å². The maximum atomic E-state index is 12.5. The molecule has 2 heterocycles. The zero-order valence-corrected chi connectivity index (χ0v) is 14.2. The van der Waals surface area contributed by atoms with Gasteiger partial charge in [-0.25, -0.2) is 0 Å². The molecule has 22 heavy (non-hydrogen) atoms. The molecule has 1 aliphatic rings. The summed E-state index contributed by atoms with van der Waals surface area (Å²) < 4.78 is 0.906. The van der Waals surface area contributed by atoms with E-state index in [1.54, 1.807) is 11.0 Å². The first kappa shape index (κ1) is 15.2. The number of anilines is 1. The Kier molecular flexibility index (Phi) is 4.59. The zero-order valence-electron chi connectivity index (χ0n) is 11.8. The lowest BCUT2D eigenvalue weighted by Crippen LogP contribution is -2.42. The first-order valence-electron chi connectivity index (χ1n) is 7.06. The SMILES string of the molecule is O=C(Nc1cccc(Br)c1)C1CCCN1C(=O)c1cccs1. The van der Waals surface area contributed by atoms with Crippen LogP contribution in [0.5, 0.6) is 0 Å². The molecule has 1 unspecified atom stereocenters. The first-order valence-corrected chi connectivity index (χ1v) is 8.73. The van der Waals surface area contributed by atoms with E-state index in [1.165, 1.54) is 11.3 Å². The number of hydrogen-bond acceptors (Lipinski definition) is 3. The molecule has 0 spiro atoms. The van der Waals surface area contributed by atoms with Crippen molar-refractivity contribution in [2.24, 2.45) is 0 Å². The number of likely N-dealkylation sites (tertiary alicyclic amines) is 1. The molecule has 6 heteroatoms. The molecule has 1 aromatic carbocycles. The summed E-state index contributed by atoms with van der Waals surface area (Å²) in [7, 11) is 0. The maximum Gasteiger partial charge on any atom is 0.264 e. The van der Waals surface area contributed by atoms with Crippen LogP contribution in [0.25, 0.3) is 0 Å². The second kappa shape index (κ2) is 6.62. The number of nitrogens with zero attached hydrogens (tertiary/aromatic N) is 1. The fourth-order valence-corrected chi connectivity index (χ4v) is 3.69. The minimum atomic E-state index is -0.395. The summed E-state index contributed by atoms with van der Waals surface area (Å²) >= 11 is 4.79. The van der Waals surface area contributed by atoms with Gasteiger partial charge in [0.25, 0.3) is 5.91 Å². The maximum absolute atomic E-state index is 12.5. The molecular weight excluding hydrogens is 364 g/mol. The van der Waals surface area contributed by atoms with Crippen LogP contribution in [0.3, 0.4) is 0 Å². The molecule has 4 nitrogen and oxygen atoms in total. The van der Waals surface area contributed by atoms with Crippen molar-refractivity contribution in [2.75, 3.05) is 11.9 Å². The number of amides is 2. The van der Waals surface area contributed by atoms with Gasteiger partial charge in [0.05, 0.1) is 4.88 Å². The Balaban J connectivity index is 1.72. The quantitative estimate of drug-likeness (QED) is 0.883. The lowest BCUT2D eigenvalue weighted by atomic mass is 10.2. The van der Waals surface area contributed by atoms with Crippen LogP contribution in [0.2, 0.25) is 0 Å². The Morgan fingerprint density at radius 3 is 2.86 bits per heavy atom. The fourth-order valence-electron chi connectivity index (χ4n) is 2.62.